The number of H-pyrrole nitrogens is 1. The Bertz CT molecular complexity index is 805. The molecule has 2 heterocycles. The van der Waals surface area contributed by atoms with Gasteiger partial charge in [-0.3, -0.25) is 14.3 Å². The second kappa shape index (κ2) is 5.33. The first kappa shape index (κ1) is 14.2. The molecule has 7 nitrogen and oxygen atoms in total. The van der Waals surface area contributed by atoms with Gasteiger partial charge < -0.3 is 10.3 Å². The van der Waals surface area contributed by atoms with Crippen molar-refractivity contribution in [2.45, 2.75) is 31.1 Å². The Kier molecular flexibility index (Phi) is 3.28. The van der Waals surface area contributed by atoms with Crippen molar-refractivity contribution < 1.29 is 4.79 Å². The lowest BCUT2D eigenvalue weighted by molar-refractivity contribution is 0.0946. The van der Waals surface area contributed by atoms with Crippen LogP contribution in [0.2, 0.25) is 0 Å². The van der Waals surface area contributed by atoms with Crippen molar-refractivity contribution in [3.63, 3.8) is 0 Å². The smallest absolute Gasteiger partial charge is 0.270 e. The molecule has 4 rings (SSSR count). The molecular weight excluding hydrogens is 294 g/mol. The summed E-state index contributed by atoms with van der Waals surface area (Å²) in [6.45, 7) is 0.599. The van der Waals surface area contributed by atoms with Crippen LogP contribution in [-0.2, 0) is 7.05 Å². The number of aromatic amines is 1. The number of nitrogens with zero attached hydrogens (tertiary/aromatic N) is 3. The van der Waals surface area contributed by atoms with E-state index in [0.717, 1.165) is 19.3 Å². The van der Waals surface area contributed by atoms with Gasteiger partial charge in [0.2, 0.25) is 0 Å². The Balaban J connectivity index is 1.38. The molecule has 2 aliphatic rings. The zero-order chi connectivity index (χ0) is 16.0. The molecule has 120 valence electrons. The largest absolute Gasteiger partial charge is 0.350 e. The maximum Gasteiger partial charge on any atom is 0.270 e. The molecule has 2 saturated carbocycles. The van der Waals surface area contributed by atoms with Crippen molar-refractivity contribution in [2.24, 2.45) is 13.0 Å². The molecule has 0 saturated heterocycles. The van der Waals surface area contributed by atoms with Crippen LogP contribution in [0.5, 0.6) is 0 Å². The van der Waals surface area contributed by atoms with E-state index in [-0.39, 0.29) is 17.2 Å². The average Bonchev–Trinajstić information content (AvgIpc) is 3.44. The number of aryl methyl sites for hydroxylation is 1. The summed E-state index contributed by atoms with van der Waals surface area (Å²) in [5.41, 5.74) is 1.16. The minimum absolute atomic E-state index is 0.216. The lowest BCUT2D eigenvalue weighted by atomic mass is 10.2. The van der Waals surface area contributed by atoms with Gasteiger partial charge >= 0.3 is 0 Å². The normalized spacial score (nSPS) is 22.8. The highest BCUT2D eigenvalue weighted by atomic mass is 16.2. The maximum absolute atomic E-state index is 12.2. The molecule has 7 heteroatoms. The second-order valence-electron chi connectivity index (χ2n) is 6.48. The molecule has 2 aromatic heterocycles. The highest BCUT2D eigenvalue weighted by Crippen LogP contribution is 2.46. The van der Waals surface area contributed by atoms with Gasteiger partial charge in [0.1, 0.15) is 11.5 Å². The predicted molar refractivity (Wildman–Crippen MR) is 83.2 cm³/mol. The Hall–Kier alpha value is -2.44. The van der Waals surface area contributed by atoms with Gasteiger partial charge in [0.05, 0.1) is 0 Å². The summed E-state index contributed by atoms with van der Waals surface area (Å²) < 4.78 is 1.88. The summed E-state index contributed by atoms with van der Waals surface area (Å²) in [7, 11) is 1.93. The van der Waals surface area contributed by atoms with Crippen LogP contribution < -0.4 is 10.9 Å². The number of aromatic nitrogens is 4. The van der Waals surface area contributed by atoms with Crippen LogP contribution in [0.3, 0.4) is 0 Å². The fourth-order valence-electron chi connectivity index (χ4n) is 3.04. The summed E-state index contributed by atoms with van der Waals surface area (Å²) >= 11 is 0. The zero-order valence-corrected chi connectivity index (χ0v) is 13.0. The molecule has 0 aliphatic heterocycles. The lowest BCUT2D eigenvalue weighted by Gasteiger charge is -2.06. The molecule has 2 N–H and O–H groups in total. The molecule has 1 amide bonds. The van der Waals surface area contributed by atoms with Gasteiger partial charge in [0, 0.05) is 43.4 Å². The SMILES string of the molecule is Cn1nccc1[C@@H]1C[C@H]1CNC(=O)c1cc(=O)[nH]c(C2CC2)n1. The van der Waals surface area contributed by atoms with Crippen molar-refractivity contribution in [1.82, 2.24) is 25.1 Å². The van der Waals surface area contributed by atoms with Crippen LogP contribution in [0, 0.1) is 5.92 Å². The van der Waals surface area contributed by atoms with Gasteiger partial charge in [-0.05, 0) is 31.2 Å². The summed E-state index contributed by atoms with van der Waals surface area (Å²) in [6.07, 6.45) is 4.91. The topological polar surface area (TPSA) is 92.7 Å². The van der Waals surface area contributed by atoms with Crippen LogP contribution in [-0.4, -0.2) is 32.2 Å². The Labute approximate surface area is 133 Å². The molecular formula is C16H19N5O2. The third-order valence-electron chi connectivity index (χ3n) is 4.64. The van der Waals surface area contributed by atoms with E-state index in [4.69, 9.17) is 0 Å². The van der Waals surface area contributed by atoms with Crippen molar-refractivity contribution in [3.8, 4) is 0 Å². The van der Waals surface area contributed by atoms with Crippen LogP contribution in [0.4, 0.5) is 0 Å². The maximum atomic E-state index is 12.2. The number of amides is 1. The van der Waals surface area contributed by atoms with E-state index in [9.17, 15) is 9.59 Å². The quantitative estimate of drug-likeness (QED) is 0.858. The van der Waals surface area contributed by atoms with E-state index in [1.165, 1.54) is 11.8 Å². The average molecular weight is 313 g/mol. The molecule has 2 aliphatic carbocycles. The molecule has 2 atom stereocenters. The van der Waals surface area contributed by atoms with Crippen LogP contribution in [0.25, 0.3) is 0 Å². The molecule has 2 aromatic rings. The molecule has 0 unspecified atom stereocenters. The van der Waals surface area contributed by atoms with Gasteiger partial charge in [-0.15, -0.1) is 0 Å². The number of carbonyl (C=O) groups is 1. The third kappa shape index (κ3) is 2.91. The third-order valence-corrected chi connectivity index (χ3v) is 4.64. The summed E-state index contributed by atoms with van der Waals surface area (Å²) in [4.78, 5) is 30.9. The van der Waals surface area contributed by atoms with E-state index in [1.807, 2.05) is 17.8 Å². The van der Waals surface area contributed by atoms with E-state index in [2.05, 4.69) is 20.4 Å². The molecule has 2 fully saturated rings. The molecule has 23 heavy (non-hydrogen) atoms. The summed E-state index contributed by atoms with van der Waals surface area (Å²) in [5.74, 6) is 1.57. The molecule has 0 aromatic carbocycles. The minimum atomic E-state index is -0.270. The van der Waals surface area contributed by atoms with Crippen LogP contribution >= 0.6 is 0 Å². The number of hydrogen-bond acceptors (Lipinski definition) is 4. The fourth-order valence-corrected chi connectivity index (χ4v) is 3.04. The van der Waals surface area contributed by atoms with Crippen LogP contribution in [0.15, 0.2) is 23.1 Å². The monoisotopic (exact) mass is 313 g/mol. The zero-order valence-electron chi connectivity index (χ0n) is 13.0. The number of nitrogens with one attached hydrogen (secondary N) is 2. The molecule has 0 spiro atoms. The van der Waals surface area contributed by atoms with E-state index in [1.54, 1.807) is 6.20 Å². The highest BCUT2D eigenvalue weighted by molar-refractivity contribution is 5.92. The first-order chi connectivity index (χ1) is 11.1. The van der Waals surface area contributed by atoms with Gasteiger partial charge in [0.25, 0.3) is 11.5 Å². The summed E-state index contributed by atoms with van der Waals surface area (Å²) in [5, 5.41) is 7.08. The standard InChI is InChI=1S/C16H19N5O2/c1-21-13(4-5-18-21)11-6-10(11)8-17-16(23)12-7-14(22)20-15(19-12)9-2-3-9/h4-5,7,9-11H,2-3,6,8H2,1H3,(H,17,23)(H,19,20,22)/t10-,11+/m0/s1. The van der Waals surface area contributed by atoms with Gasteiger partial charge in [0.15, 0.2) is 0 Å². The Morgan fingerprint density at radius 2 is 2.30 bits per heavy atom. The fraction of sp³-hybridized carbons (Fsp3) is 0.500. The summed E-state index contributed by atoms with van der Waals surface area (Å²) in [6, 6.07) is 3.29. The number of rotatable bonds is 5. The Morgan fingerprint density at radius 3 is 3.00 bits per heavy atom. The highest BCUT2D eigenvalue weighted by Gasteiger charge is 2.40. The van der Waals surface area contributed by atoms with E-state index >= 15 is 0 Å². The van der Waals surface area contributed by atoms with Gasteiger partial charge in [-0.2, -0.15) is 5.10 Å². The van der Waals surface area contributed by atoms with Crippen molar-refractivity contribution >= 4 is 5.91 Å². The first-order valence-electron chi connectivity index (χ1n) is 7.99. The van der Waals surface area contributed by atoms with Crippen molar-refractivity contribution in [3.05, 3.63) is 45.9 Å². The van der Waals surface area contributed by atoms with Crippen LogP contribution in [0.1, 0.15) is 53.1 Å². The van der Waals surface area contributed by atoms with Crippen molar-refractivity contribution in [2.75, 3.05) is 6.54 Å². The van der Waals surface area contributed by atoms with Gasteiger partial charge in [-0.1, -0.05) is 0 Å². The van der Waals surface area contributed by atoms with Crippen molar-refractivity contribution in [1.29, 1.82) is 0 Å². The minimum Gasteiger partial charge on any atom is -0.350 e. The molecule has 0 radical (unpaired) electrons. The Morgan fingerprint density at radius 1 is 1.48 bits per heavy atom. The number of hydrogen-bond donors (Lipinski definition) is 2. The predicted octanol–water partition coefficient (Wildman–Crippen LogP) is 0.914. The number of carbonyl (C=O) groups excluding carboxylic acids is 1. The lowest BCUT2D eigenvalue weighted by Crippen LogP contribution is -2.29. The second-order valence-corrected chi connectivity index (χ2v) is 6.48. The van der Waals surface area contributed by atoms with Gasteiger partial charge in [-0.25, -0.2) is 4.98 Å². The van der Waals surface area contributed by atoms with E-state index < -0.39 is 0 Å². The molecule has 0 bridgehead atoms. The first-order valence-corrected chi connectivity index (χ1v) is 7.99. The van der Waals surface area contributed by atoms with E-state index in [0.29, 0.717) is 30.1 Å².